The number of primary amides is 1. The molecule has 3 unspecified atom stereocenters. The van der Waals surface area contributed by atoms with Gasteiger partial charge in [0.2, 0.25) is 5.91 Å². The second-order valence-electron chi connectivity index (χ2n) is 9.62. The minimum Gasteiger partial charge on any atom is -0.487 e. The summed E-state index contributed by atoms with van der Waals surface area (Å²) in [5.41, 5.74) is 7.93. The number of hydrogen-bond acceptors (Lipinski definition) is 8. The first-order chi connectivity index (χ1) is 19.0. The lowest BCUT2D eigenvalue weighted by Crippen LogP contribution is -2.45. The van der Waals surface area contributed by atoms with Crippen LogP contribution in [-0.4, -0.2) is 66.4 Å². The number of fused-ring (bicyclic) bond motifs is 1. The van der Waals surface area contributed by atoms with Crippen molar-refractivity contribution in [2.45, 2.75) is 39.1 Å². The first-order valence-electron chi connectivity index (χ1n) is 12.4. The molecule has 5 rings (SSSR count). The molecule has 210 valence electrons. The van der Waals surface area contributed by atoms with Gasteiger partial charge in [-0.1, -0.05) is 23.7 Å². The maximum Gasteiger partial charge on any atom is 0.231 e. The van der Waals surface area contributed by atoms with Gasteiger partial charge in [0.1, 0.15) is 29.9 Å². The van der Waals surface area contributed by atoms with E-state index in [-0.39, 0.29) is 24.7 Å². The molecule has 4 aromatic rings. The Morgan fingerprint density at radius 3 is 2.73 bits per heavy atom. The number of carbonyl (C=O) groups is 1. The molecule has 0 saturated carbocycles. The summed E-state index contributed by atoms with van der Waals surface area (Å²) in [6.07, 6.45) is -0.118. The Morgan fingerprint density at radius 2 is 2.02 bits per heavy atom. The number of benzene rings is 2. The maximum absolute atomic E-state index is 14.5. The molecule has 10 nitrogen and oxygen atoms in total. The van der Waals surface area contributed by atoms with Gasteiger partial charge in [-0.3, -0.25) is 9.69 Å². The van der Waals surface area contributed by atoms with Crippen LogP contribution >= 0.6 is 11.6 Å². The molecule has 1 fully saturated rings. The van der Waals surface area contributed by atoms with Gasteiger partial charge in [-0.25, -0.2) is 23.3 Å². The van der Waals surface area contributed by atoms with E-state index in [1.807, 2.05) is 6.07 Å². The molecule has 2 aromatic carbocycles. The van der Waals surface area contributed by atoms with E-state index in [0.717, 1.165) is 11.1 Å². The highest BCUT2D eigenvalue weighted by atomic mass is 35.5. The Hall–Kier alpha value is -3.68. The molecular weight excluding hydrogens is 546 g/mol. The van der Waals surface area contributed by atoms with Crippen LogP contribution < -0.4 is 10.5 Å². The fraction of sp³-hybridized carbons (Fsp3) is 0.296. The van der Waals surface area contributed by atoms with Gasteiger partial charge in [0.25, 0.3) is 0 Å². The van der Waals surface area contributed by atoms with E-state index in [1.54, 1.807) is 32.0 Å². The van der Waals surface area contributed by atoms with E-state index in [1.165, 1.54) is 27.9 Å². The zero-order chi connectivity index (χ0) is 28.7. The van der Waals surface area contributed by atoms with E-state index < -0.39 is 36.2 Å². The van der Waals surface area contributed by atoms with Crippen molar-refractivity contribution in [2.24, 2.45) is 5.73 Å². The van der Waals surface area contributed by atoms with Crippen molar-refractivity contribution in [1.29, 1.82) is 0 Å². The van der Waals surface area contributed by atoms with Crippen LogP contribution in [0.15, 0.2) is 48.8 Å². The van der Waals surface area contributed by atoms with Crippen LogP contribution in [0.1, 0.15) is 29.8 Å². The van der Waals surface area contributed by atoms with Gasteiger partial charge < -0.3 is 20.7 Å². The Bertz CT molecular complexity index is 1580. The van der Waals surface area contributed by atoms with Crippen molar-refractivity contribution < 1.29 is 28.5 Å². The predicted octanol–water partition coefficient (Wildman–Crippen LogP) is 3.00. The number of hydrogen-bond donors (Lipinski definition) is 3. The average molecular weight is 573 g/mol. The van der Waals surface area contributed by atoms with Gasteiger partial charge in [0.15, 0.2) is 12.2 Å². The van der Waals surface area contributed by atoms with Crippen molar-refractivity contribution in [3.05, 3.63) is 82.3 Å². The normalized spacial score (nSPS) is 18.9. The molecule has 3 atom stereocenters. The van der Waals surface area contributed by atoms with E-state index >= 15 is 0 Å². The number of nitrogens with zero attached hydrogens (tertiary/aromatic N) is 5. The summed E-state index contributed by atoms with van der Waals surface area (Å²) in [6.45, 7) is 3.07. The molecule has 3 heterocycles. The third-order valence-corrected chi connectivity index (χ3v) is 7.25. The molecule has 1 amide bonds. The first-order valence-corrected chi connectivity index (χ1v) is 12.8. The lowest BCUT2D eigenvalue weighted by atomic mass is 10.00. The van der Waals surface area contributed by atoms with Gasteiger partial charge in [0.05, 0.1) is 29.6 Å². The molecule has 4 N–H and O–H groups in total. The Morgan fingerprint density at radius 1 is 1.25 bits per heavy atom. The highest BCUT2D eigenvalue weighted by Crippen LogP contribution is 2.36. The van der Waals surface area contributed by atoms with Crippen molar-refractivity contribution in [1.82, 2.24) is 24.6 Å². The van der Waals surface area contributed by atoms with Crippen LogP contribution in [-0.2, 0) is 11.4 Å². The maximum atomic E-state index is 14.5. The fourth-order valence-corrected chi connectivity index (χ4v) is 5.27. The molecule has 1 saturated heterocycles. The largest absolute Gasteiger partial charge is 0.487 e. The molecule has 1 aliphatic rings. The molecule has 1 aliphatic heterocycles. The number of ether oxygens (including phenoxy) is 1. The van der Waals surface area contributed by atoms with E-state index in [0.29, 0.717) is 39.2 Å². The number of aliphatic hydroxyl groups is 2. The van der Waals surface area contributed by atoms with E-state index in [4.69, 9.17) is 22.1 Å². The highest BCUT2D eigenvalue weighted by Gasteiger charge is 2.41. The number of aromatic nitrogens is 3. The number of aryl methyl sites for hydroxylation is 1. The van der Waals surface area contributed by atoms with Crippen LogP contribution in [0, 0.1) is 18.6 Å². The second-order valence-corrected chi connectivity index (χ2v) is 10.0. The van der Waals surface area contributed by atoms with Gasteiger partial charge in [-0.05, 0) is 43.7 Å². The lowest BCUT2D eigenvalue weighted by molar-refractivity contribution is -0.133. The van der Waals surface area contributed by atoms with Crippen molar-refractivity contribution >= 4 is 28.4 Å². The second kappa shape index (κ2) is 11.1. The van der Waals surface area contributed by atoms with Crippen LogP contribution in [0.2, 0.25) is 5.02 Å². The minimum atomic E-state index is -1.34. The predicted molar refractivity (Wildman–Crippen MR) is 142 cm³/mol. The molecule has 2 aromatic heterocycles. The third kappa shape index (κ3) is 5.36. The molecule has 13 heteroatoms. The van der Waals surface area contributed by atoms with Crippen molar-refractivity contribution in [3.63, 3.8) is 0 Å². The number of pyridine rings is 1. The number of halogens is 3. The summed E-state index contributed by atoms with van der Waals surface area (Å²) in [4.78, 5) is 18.7. The Kier molecular flexibility index (Phi) is 7.71. The first kappa shape index (κ1) is 27.9. The van der Waals surface area contributed by atoms with Gasteiger partial charge >= 0.3 is 0 Å². The summed E-state index contributed by atoms with van der Waals surface area (Å²) >= 11 is 6.48. The van der Waals surface area contributed by atoms with Crippen LogP contribution in [0.25, 0.3) is 16.6 Å². The average Bonchev–Trinajstić information content (AvgIpc) is 3.45. The topological polar surface area (TPSA) is 130 Å². The highest BCUT2D eigenvalue weighted by molar-refractivity contribution is 6.31. The van der Waals surface area contributed by atoms with Crippen molar-refractivity contribution in [3.8, 4) is 11.4 Å². The molecule has 0 radical (unpaired) electrons. The smallest absolute Gasteiger partial charge is 0.231 e. The molecular formula is C27H27ClF2N6O4. The van der Waals surface area contributed by atoms with Gasteiger partial charge in [0, 0.05) is 29.2 Å². The molecule has 40 heavy (non-hydrogen) atoms. The van der Waals surface area contributed by atoms with E-state index in [9.17, 15) is 23.8 Å². The van der Waals surface area contributed by atoms with Crippen LogP contribution in [0.3, 0.4) is 0 Å². The number of β-amino-alcohol motifs (C(OH)–C–C–N with tert-alkyl or cyclic N) is 1. The SMILES string of the molecule is Cc1cc(-n2cc(F)cn2)c2cccc(OCc3c(Cl)cc(F)cc3C(C)N3CC(O)N(CC(N)=O)C3O)c2n1. The van der Waals surface area contributed by atoms with E-state index in [2.05, 4.69) is 10.1 Å². The van der Waals surface area contributed by atoms with Crippen LogP contribution in [0.5, 0.6) is 5.75 Å². The summed E-state index contributed by atoms with van der Waals surface area (Å²) in [6, 6.07) is 8.92. The molecule has 0 bridgehead atoms. The standard InChI is InChI=1S/C27H27ClF2N6O4/c1-14-6-22(36-10-17(30)9-32-36)18-4-3-5-23(26(18)33-14)40-13-20-19(7-16(29)8-21(20)28)15(2)34-12-25(38)35(27(34)39)11-24(31)37/h3-10,15,25,27,38-39H,11-13H2,1-2H3,(H2,31,37). The summed E-state index contributed by atoms with van der Waals surface area (Å²) in [5.74, 6) is -1.36. The number of rotatable bonds is 8. The summed E-state index contributed by atoms with van der Waals surface area (Å²) < 4.78 is 35.8. The van der Waals surface area contributed by atoms with Crippen molar-refractivity contribution in [2.75, 3.05) is 13.1 Å². The zero-order valence-electron chi connectivity index (χ0n) is 21.6. The monoisotopic (exact) mass is 572 g/mol. The number of nitrogens with two attached hydrogens (primary N) is 1. The molecule has 0 spiro atoms. The van der Waals surface area contributed by atoms with Gasteiger partial charge in [-0.15, -0.1) is 0 Å². The molecule has 0 aliphatic carbocycles. The number of para-hydroxylation sites is 1. The van der Waals surface area contributed by atoms with Crippen LogP contribution in [0.4, 0.5) is 8.78 Å². The fourth-order valence-electron chi connectivity index (χ4n) is 5.00. The number of aliphatic hydroxyl groups excluding tert-OH is 2. The Labute approximate surface area is 233 Å². The summed E-state index contributed by atoms with van der Waals surface area (Å²) in [7, 11) is 0. The van der Waals surface area contributed by atoms with Gasteiger partial charge in [-0.2, -0.15) is 5.10 Å². The summed E-state index contributed by atoms with van der Waals surface area (Å²) in [5, 5.41) is 26.0. The third-order valence-electron chi connectivity index (χ3n) is 6.91. The minimum absolute atomic E-state index is 0.0205. The number of amides is 1. The quantitative estimate of drug-likeness (QED) is 0.294. The Balaban J connectivity index is 1.47. The number of carbonyl (C=O) groups excluding carboxylic acids is 1. The zero-order valence-corrected chi connectivity index (χ0v) is 22.4. The lowest BCUT2D eigenvalue weighted by Gasteiger charge is -2.31.